The molecule has 3 aliphatic heterocycles. The lowest BCUT2D eigenvalue weighted by Gasteiger charge is -2.11. The normalized spacial score (nSPS) is 31.4. The summed E-state index contributed by atoms with van der Waals surface area (Å²) in [7, 11) is 0. The number of fused-ring (bicyclic) bond motifs is 5. The lowest BCUT2D eigenvalue weighted by atomic mass is 9.85. The minimum atomic E-state index is -0.519. The van der Waals surface area contributed by atoms with E-state index in [0.717, 1.165) is 5.01 Å². The molecule has 1 aromatic rings. The lowest BCUT2D eigenvalue weighted by Crippen LogP contribution is -2.30. The molecule has 0 aliphatic carbocycles. The minimum absolute atomic E-state index is 0.0828. The maximum absolute atomic E-state index is 12.4. The monoisotopic (exact) mass is 313 g/mol. The summed E-state index contributed by atoms with van der Waals surface area (Å²) in [6.07, 6.45) is 4.15. The van der Waals surface area contributed by atoms with E-state index in [1.807, 2.05) is 0 Å². The van der Waals surface area contributed by atoms with E-state index < -0.39 is 28.6 Å². The number of carbonyl (C=O) groups excluding carboxylic acids is 2. The Bertz CT molecular complexity index is 757. The molecule has 116 valence electrons. The van der Waals surface area contributed by atoms with E-state index in [2.05, 4.69) is 5.10 Å². The summed E-state index contributed by atoms with van der Waals surface area (Å²) < 4.78 is 5.53. The second kappa shape index (κ2) is 4.82. The van der Waals surface area contributed by atoms with Gasteiger partial charge in [0.05, 0.1) is 35.2 Å². The van der Waals surface area contributed by atoms with E-state index in [1.165, 1.54) is 24.4 Å². The van der Waals surface area contributed by atoms with Gasteiger partial charge in [-0.1, -0.05) is 24.3 Å². The fourth-order valence-electron chi connectivity index (χ4n) is 3.24. The quantitative estimate of drug-likeness (QED) is 0.271. The van der Waals surface area contributed by atoms with Crippen molar-refractivity contribution in [3.05, 3.63) is 52.1 Å². The summed E-state index contributed by atoms with van der Waals surface area (Å²) in [5.74, 6) is -1.81. The Morgan fingerprint density at radius 1 is 1.17 bits per heavy atom. The van der Waals surface area contributed by atoms with Crippen LogP contribution < -0.4 is 0 Å². The number of imide groups is 1. The Morgan fingerprint density at radius 3 is 2.43 bits per heavy atom. The zero-order valence-corrected chi connectivity index (χ0v) is 11.7. The number of nitro benzene ring substituents is 1. The number of hydrogen-bond donors (Lipinski definition) is 0. The van der Waals surface area contributed by atoms with Gasteiger partial charge in [0.1, 0.15) is 0 Å². The van der Waals surface area contributed by atoms with Crippen LogP contribution in [0.1, 0.15) is 5.56 Å². The van der Waals surface area contributed by atoms with E-state index in [4.69, 9.17) is 4.74 Å². The molecule has 2 saturated heterocycles. The summed E-state index contributed by atoms with van der Waals surface area (Å²) in [6.45, 7) is 0. The van der Waals surface area contributed by atoms with Crippen molar-refractivity contribution in [2.45, 2.75) is 12.2 Å². The second-order valence-corrected chi connectivity index (χ2v) is 5.59. The van der Waals surface area contributed by atoms with Crippen LogP contribution in [0.25, 0.3) is 0 Å². The lowest BCUT2D eigenvalue weighted by molar-refractivity contribution is -0.384. The summed E-state index contributed by atoms with van der Waals surface area (Å²) >= 11 is 0. The number of ether oxygens (including phenoxy) is 1. The van der Waals surface area contributed by atoms with Gasteiger partial charge in [0, 0.05) is 17.7 Å². The Morgan fingerprint density at radius 2 is 1.83 bits per heavy atom. The number of hydrogen-bond acceptors (Lipinski definition) is 6. The molecule has 4 rings (SSSR count). The Hall–Kier alpha value is -2.87. The van der Waals surface area contributed by atoms with Crippen LogP contribution in [0.5, 0.6) is 0 Å². The van der Waals surface area contributed by atoms with E-state index in [0.29, 0.717) is 5.56 Å². The zero-order chi connectivity index (χ0) is 16.1. The number of hydrazone groups is 1. The number of nitrogens with zero attached hydrogens (tertiary/aromatic N) is 3. The van der Waals surface area contributed by atoms with Crippen molar-refractivity contribution in [1.82, 2.24) is 5.01 Å². The van der Waals surface area contributed by atoms with Crippen LogP contribution in [0.4, 0.5) is 5.69 Å². The van der Waals surface area contributed by atoms with Crippen molar-refractivity contribution in [3.63, 3.8) is 0 Å². The third-order valence-corrected chi connectivity index (χ3v) is 4.29. The molecular weight excluding hydrogens is 302 g/mol. The molecule has 2 amide bonds. The van der Waals surface area contributed by atoms with Gasteiger partial charge in [0.15, 0.2) is 0 Å². The molecular formula is C15H11N3O5. The SMILES string of the molecule is O=C1[C@@H]2[C@@H](C(=O)N1/N=C\c1cccc([N+](=O)[O-])c1)[C@@H]1C=C[C@@H]2O1. The van der Waals surface area contributed by atoms with Crippen LogP contribution in [-0.4, -0.2) is 40.2 Å². The van der Waals surface area contributed by atoms with E-state index >= 15 is 0 Å². The maximum atomic E-state index is 12.4. The van der Waals surface area contributed by atoms with Gasteiger partial charge in [0.2, 0.25) is 0 Å². The van der Waals surface area contributed by atoms with Crippen molar-refractivity contribution in [2.24, 2.45) is 16.9 Å². The minimum Gasteiger partial charge on any atom is -0.365 e. The molecule has 8 nitrogen and oxygen atoms in total. The molecule has 0 spiro atoms. The Labute approximate surface area is 130 Å². The largest absolute Gasteiger partial charge is 0.365 e. The summed E-state index contributed by atoms with van der Waals surface area (Å²) in [5.41, 5.74) is 0.356. The highest BCUT2D eigenvalue weighted by Gasteiger charge is 2.61. The standard InChI is InChI=1S/C15H11N3O5/c19-14-12-10-4-5-11(23-10)13(12)15(20)17(14)16-7-8-2-1-3-9(6-8)18(21)22/h1-7,10-13H/b16-7-/t10-,11-,12-,13-/m0/s1. The Kier molecular flexibility index (Phi) is 2.88. The first kappa shape index (κ1) is 13.8. The van der Waals surface area contributed by atoms with Crippen LogP contribution in [0.3, 0.4) is 0 Å². The van der Waals surface area contributed by atoms with E-state index in [9.17, 15) is 19.7 Å². The van der Waals surface area contributed by atoms with Gasteiger partial charge in [-0.3, -0.25) is 19.7 Å². The van der Waals surface area contributed by atoms with Gasteiger partial charge < -0.3 is 4.74 Å². The summed E-state index contributed by atoms with van der Waals surface area (Å²) in [4.78, 5) is 34.9. The van der Waals surface area contributed by atoms with Crippen molar-refractivity contribution in [3.8, 4) is 0 Å². The van der Waals surface area contributed by atoms with Gasteiger partial charge >= 0.3 is 0 Å². The molecule has 23 heavy (non-hydrogen) atoms. The van der Waals surface area contributed by atoms with Crippen LogP contribution in [0.15, 0.2) is 41.5 Å². The van der Waals surface area contributed by atoms with Crippen LogP contribution >= 0.6 is 0 Å². The summed E-state index contributed by atoms with van der Waals surface area (Å²) in [6, 6.07) is 5.80. The van der Waals surface area contributed by atoms with Gasteiger partial charge in [-0.15, -0.1) is 0 Å². The molecule has 0 radical (unpaired) electrons. The summed E-state index contributed by atoms with van der Waals surface area (Å²) in [5, 5.41) is 15.5. The van der Waals surface area contributed by atoms with Gasteiger partial charge in [0.25, 0.3) is 17.5 Å². The van der Waals surface area contributed by atoms with Crippen molar-refractivity contribution in [1.29, 1.82) is 0 Å². The van der Waals surface area contributed by atoms with E-state index in [-0.39, 0.29) is 17.9 Å². The van der Waals surface area contributed by atoms with Gasteiger partial charge in [-0.25, -0.2) is 0 Å². The fourth-order valence-corrected chi connectivity index (χ4v) is 3.24. The predicted octanol–water partition coefficient (Wildman–Crippen LogP) is 0.867. The number of amides is 2. The molecule has 1 aromatic carbocycles. The number of benzene rings is 1. The number of nitro groups is 1. The van der Waals surface area contributed by atoms with Crippen LogP contribution in [0, 0.1) is 22.0 Å². The average molecular weight is 313 g/mol. The molecule has 0 unspecified atom stereocenters. The van der Waals surface area contributed by atoms with Crippen molar-refractivity contribution in [2.75, 3.05) is 0 Å². The first-order valence-corrected chi connectivity index (χ1v) is 7.06. The number of non-ortho nitro benzene ring substituents is 1. The highest BCUT2D eigenvalue weighted by atomic mass is 16.6. The molecule has 0 N–H and O–H groups in total. The van der Waals surface area contributed by atoms with Gasteiger partial charge in [-0.2, -0.15) is 10.1 Å². The van der Waals surface area contributed by atoms with Crippen LogP contribution in [-0.2, 0) is 14.3 Å². The van der Waals surface area contributed by atoms with Crippen LogP contribution in [0.2, 0.25) is 0 Å². The third kappa shape index (κ3) is 1.99. The average Bonchev–Trinajstić information content (AvgIpc) is 3.21. The first-order chi connectivity index (χ1) is 11.1. The highest BCUT2D eigenvalue weighted by Crippen LogP contribution is 2.45. The van der Waals surface area contributed by atoms with Crippen molar-refractivity contribution >= 4 is 23.7 Å². The van der Waals surface area contributed by atoms with E-state index in [1.54, 1.807) is 18.2 Å². The fraction of sp³-hybridized carbons (Fsp3) is 0.267. The molecule has 0 saturated carbocycles. The molecule has 3 aliphatic rings. The molecule has 2 bridgehead atoms. The zero-order valence-electron chi connectivity index (χ0n) is 11.7. The second-order valence-electron chi connectivity index (χ2n) is 5.59. The first-order valence-electron chi connectivity index (χ1n) is 7.06. The molecule has 3 heterocycles. The molecule has 2 fully saturated rings. The highest BCUT2D eigenvalue weighted by molar-refractivity contribution is 6.07. The maximum Gasteiger partial charge on any atom is 0.270 e. The smallest absolute Gasteiger partial charge is 0.270 e. The number of carbonyl (C=O) groups is 2. The predicted molar refractivity (Wildman–Crippen MR) is 77.3 cm³/mol. The van der Waals surface area contributed by atoms with Crippen molar-refractivity contribution < 1.29 is 19.2 Å². The Balaban J connectivity index is 1.58. The molecule has 0 aromatic heterocycles. The number of rotatable bonds is 3. The topological polar surface area (TPSA) is 102 Å². The molecule has 4 atom stereocenters. The van der Waals surface area contributed by atoms with Gasteiger partial charge in [-0.05, 0) is 0 Å². The molecule has 8 heteroatoms. The third-order valence-electron chi connectivity index (χ3n) is 4.29.